The average Bonchev–Trinajstić information content (AvgIpc) is 2.56. The molecule has 0 aliphatic carbocycles. The van der Waals surface area contributed by atoms with Gasteiger partial charge >= 0.3 is 6.09 Å². The van der Waals surface area contributed by atoms with Gasteiger partial charge in [0, 0.05) is 20.1 Å². The maximum absolute atomic E-state index is 12.1. The Morgan fingerprint density at radius 1 is 1.20 bits per heavy atom. The van der Waals surface area contributed by atoms with E-state index < -0.39 is 5.60 Å². The summed E-state index contributed by atoms with van der Waals surface area (Å²) in [6.07, 6.45) is 1.96. The van der Waals surface area contributed by atoms with E-state index in [1.165, 1.54) is 5.56 Å². The second-order valence-electron chi connectivity index (χ2n) is 8.05. The van der Waals surface area contributed by atoms with E-state index in [9.17, 15) is 4.79 Å². The molecule has 1 fully saturated rings. The van der Waals surface area contributed by atoms with Gasteiger partial charge in [-0.25, -0.2) is 4.79 Å². The molecule has 1 aromatic rings. The van der Waals surface area contributed by atoms with E-state index in [1.807, 2.05) is 40.0 Å². The number of aliphatic hydroxyl groups is 1. The molecule has 0 spiro atoms. The zero-order chi connectivity index (χ0) is 18.4. The molecule has 1 aliphatic rings. The fourth-order valence-electron chi connectivity index (χ4n) is 3.14. The number of aliphatic hydroxyl groups excluding tert-OH is 1. The molecule has 0 unspecified atom stereocenters. The first-order valence-corrected chi connectivity index (χ1v) is 9.12. The van der Waals surface area contributed by atoms with Crippen LogP contribution in [0.3, 0.4) is 0 Å². The minimum absolute atomic E-state index is 0.0941. The van der Waals surface area contributed by atoms with Gasteiger partial charge in [-0.05, 0) is 63.7 Å². The normalized spacial score (nSPS) is 16.7. The molecule has 1 heterocycles. The molecular weight excluding hydrogens is 316 g/mol. The Morgan fingerprint density at radius 3 is 2.28 bits per heavy atom. The Labute approximate surface area is 151 Å². The molecule has 1 N–H and O–H groups in total. The number of amides is 1. The van der Waals surface area contributed by atoms with Gasteiger partial charge in [-0.15, -0.1) is 0 Å². The van der Waals surface area contributed by atoms with Crippen LogP contribution in [0.1, 0.15) is 44.7 Å². The Balaban J connectivity index is 1.74. The van der Waals surface area contributed by atoms with Crippen molar-refractivity contribution in [2.24, 2.45) is 5.92 Å². The first-order chi connectivity index (χ1) is 11.8. The molecule has 1 aliphatic heterocycles. The zero-order valence-corrected chi connectivity index (χ0v) is 16.0. The van der Waals surface area contributed by atoms with E-state index in [4.69, 9.17) is 9.84 Å². The highest BCUT2D eigenvalue weighted by Gasteiger charge is 2.24. The van der Waals surface area contributed by atoms with Gasteiger partial charge in [-0.3, -0.25) is 4.90 Å². The first-order valence-electron chi connectivity index (χ1n) is 9.12. The Kier molecular flexibility index (Phi) is 6.85. The van der Waals surface area contributed by atoms with E-state index >= 15 is 0 Å². The van der Waals surface area contributed by atoms with Crippen LogP contribution in [0, 0.1) is 5.92 Å². The molecular formula is C20H32N2O3. The van der Waals surface area contributed by atoms with Crippen LogP contribution in [0.5, 0.6) is 0 Å². The van der Waals surface area contributed by atoms with E-state index in [0.29, 0.717) is 5.92 Å². The minimum Gasteiger partial charge on any atom is -0.444 e. The zero-order valence-electron chi connectivity index (χ0n) is 16.0. The third kappa shape index (κ3) is 6.67. The second kappa shape index (κ2) is 8.68. The van der Waals surface area contributed by atoms with Crippen molar-refractivity contribution >= 4 is 6.09 Å². The number of rotatable bonds is 5. The van der Waals surface area contributed by atoms with E-state index in [-0.39, 0.29) is 12.7 Å². The van der Waals surface area contributed by atoms with Gasteiger partial charge in [0.2, 0.25) is 0 Å². The number of hydrogen-bond donors (Lipinski definition) is 1. The smallest absolute Gasteiger partial charge is 0.410 e. The Bertz CT molecular complexity index is 543. The van der Waals surface area contributed by atoms with Crippen molar-refractivity contribution in [3.05, 3.63) is 35.4 Å². The van der Waals surface area contributed by atoms with Crippen molar-refractivity contribution < 1.29 is 14.6 Å². The van der Waals surface area contributed by atoms with Gasteiger partial charge in [0.05, 0.1) is 6.61 Å². The molecule has 5 heteroatoms. The van der Waals surface area contributed by atoms with Crippen LogP contribution in [0.2, 0.25) is 0 Å². The largest absolute Gasteiger partial charge is 0.444 e. The highest BCUT2D eigenvalue weighted by molar-refractivity contribution is 5.67. The fraction of sp³-hybridized carbons (Fsp3) is 0.650. The van der Waals surface area contributed by atoms with Crippen LogP contribution in [0.4, 0.5) is 4.79 Å². The molecule has 0 atom stereocenters. The van der Waals surface area contributed by atoms with Crippen LogP contribution >= 0.6 is 0 Å². The summed E-state index contributed by atoms with van der Waals surface area (Å²) in [4.78, 5) is 16.2. The number of carbonyl (C=O) groups excluding carboxylic acids is 1. The second-order valence-corrected chi connectivity index (χ2v) is 8.05. The van der Waals surface area contributed by atoms with E-state index in [2.05, 4.69) is 17.0 Å². The van der Waals surface area contributed by atoms with Crippen molar-refractivity contribution in [2.75, 3.05) is 26.7 Å². The van der Waals surface area contributed by atoms with Crippen molar-refractivity contribution in [1.29, 1.82) is 0 Å². The topological polar surface area (TPSA) is 53.0 Å². The number of hydrogen-bond acceptors (Lipinski definition) is 4. The highest BCUT2D eigenvalue weighted by atomic mass is 16.6. The summed E-state index contributed by atoms with van der Waals surface area (Å²) in [7, 11) is 1.82. The van der Waals surface area contributed by atoms with Crippen LogP contribution in [0.15, 0.2) is 24.3 Å². The lowest BCUT2D eigenvalue weighted by Crippen LogP contribution is -2.41. The predicted octanol–water partition coefficient (Wildman–Crippen LogP) is 3.26. The summed E-state index contributed by atoms with van der Waals surface area (Å²) < 4.78 is 5.42. The first kappa shape index (κ1) is 19.7. The SMILES string of the molecule is CN(CC1CCN(Cc2ccc(CO)cc2)CC1)C(=O)OC(C)(C)C. The molecule has 1 saturated heterocycles. The molecule has 25 heavy (non-hydrogen) atoms. The number of benzene rings is 1. The summed E-state index contributed by atoms with van der Waals surface area (Å²) in [6, 6.07) is 8.15. The maximum atomic E-state index is 12.1. The quantitative estimate of drug-likeness (QED) is 0.887. The maximum Gasteiger partial charge on any atom is 0.410 e. The van der Waals surface area contributed by atoms with Gasteiger partial charge in [0.25, 0.3) is 0 Å². The van der Waals surface area contributed by atoms with Crippen LogP contribution in [-0.4, -0.2) is 53.3 Å². The van der Waals surface area contributed by atoms with Gasteiger partial charge in [0.15, 0.2) is 0 Å². The molecule has 1 amide bonds. The van der Waals surface area contributed by atoms with Crippen LogP contribution in [0.25, 0.3) is 0 Å². The summed E-state index contributed by atoms with van der Waals surface area (Å²) in [5, 5.41) is 9.11. The minimum atomic E-state index is -0.444. The molecule has 2 rings (SSSR count). The number of ether oxygens (including phenoxy) is 1. The number of likely N-dealkylation sites (tertiary alicyclic amines) is 1. The highest BCUT2D eigenvalue weighted by Crippen LogP contribution is 2.21. The predicted molar refractivity (Wildman–Crippen MR) is 99.2 cm³/mol. The molecule has 1 aromatic carbocycles. The molecule has 0 aromatic heterocycles. The van der Waals surface area contributed by atoms with Crippen LogP contribution in [-0.2, 0) is 17.9 Å². The van der Waals surface area contributed by atoms with Gasteiger partial charge < -0.3 is 14.7 Å². The number of nitrogens with zero attached hydrogens (tertiary/aromatic N) is 2. The molecule has 0 bridgehead atoms. The lowest BCUT2D eigenvalue weighted by Gasteiger charge is -2.34. The Hall–Kier alpha value is -1.59. The standard InChI is InChI=1S/C20H32N2O3/c1-20(2,3)25-19(24)21(4)13-17-9-11-22(12-10-17)14-16-5-7-18(15-23)8-6-16/h5-8,17,23H,9-15H2,1-4H3. The monoisotopic (exact) mass is 348 g/mol. The lowest BCUT2D eigenvalue weighted by molar-refractivity contribution is 0.0249. The molecule has 140 valence electrons. The van der Waals surface area contributed by atoms with Crippen molar-refractivity contribution in [1.82, 2.24) is 9.80 Å². The Morgan fingerprint density at radius 2 is 1.76 bits per heavy atom. The molecule has 5 nitrogen and oxygen atoms in total. The number of carbonyl (C=O) groups is 1. The summed E-state index contributed by atoms with van der Waals surface area (Å²) in [5.41, 5.74) is 1.79. The summed E-state index contributed by atoms with van der Waals surface area (Å²) in [5.74, 6) is 0.533. The van der Waals surface area contributed by atoms with Crippen molar-refractivity contribution in [2.45, 2.75) is 52.4 Å². The fourth-order valence-corrected chi connectivity index (χ4v) is 3.14. The number of piperidine rings is 1. The lowest BCUT2D eigenvalue weighted by atomic mass is 9.96. The average molecular weight is 348 g/mol. The van der Waals surface area contributed by atoms with Crippen molar-refractivity contribution in [3.8, 4) is 0 Å². The third-order valence-corrected chi connectivity index (χ3v) is 4.56. The van der Waals surface area contributed by atoms with E-state index in [1.54, 1.807) is 4.90 Å². The molecule has 0 radical (unpaired) electrons. The molecule has 0 saturated carbocycles. The van der Waals surface area contributed by atoms with E-state index in [0.717, 1.165) is 44.6 Å². The van der Waals surface area contributed by atoms with Crippen molar-refractivity contribution in [3.63, 3.8) is 0 Å². The summed E-state index contributed by atoms with van der Waals surface area (Å²) in [6.45, 7) is 9.58. The van der Waals surface area contributed by atoms with Gasteiger partial charge in [0.1, 0.15) is 5.60 Å². The van der Waals surface area contributed by atoms with Crippen LogP contribution < -0.4 is 0 Å². The van der Waals surface area contributed by atoms with Gasteiger partial charge in [-0.1, -0.05) is 24.3 Å². The summed E-state index contributed by atoms with van der Waals surface area (Å²) >= 11 is 0. The van der Waals surface area contributed by atoms with Gasteiger partial charge in [-0.2, -0.15) is 0 Å². The third-order valence-electron chi connectivity index (χ3n) is 4.56.